The minimum atomic E-state index is -0.228. The summed E-state index contributed by atoms with van der Waals surface area (Å²) in [5.41, 5.74) is 0.405. The highest BCUT2D eigenvalue weighted by atomic mass is 16.6. The van der Waals surface area contributed by atoms with Crippen molar-refractivity contribution in [2.45, 2.75) is 25.7 Å². The van der Waals surface area contributed by atoms with Crippen LogP contribution in [0.4, 0.5) is 0 Å². The zero-order valence-electron chi connectivity index (χ0n) is 7.21. The van der Waals surface area contributed by atoms with E-state index in [0.717, 1.165) is 25.7 Å². The molecule has 0 aromatic heterocycles. The number of rotatable bonds is 0. The van der Waals surface area contributed by atoms with Crippen molar-refractivity contribution in [2.24, 2.45) is 22.7 Å². The number of fused-ring (bicyclic) bond motifs is 1. The Morgan fingerprint density at radius 2 is 1.46 bits per heavy atom. The first-order valence-electron chi connectivity index (χ1n) is 4.93. The van der Waals surface area contributed by atoms with Crippen molar-refractivity contribution >= 4 is 11.9 Å². The topological polar surface area (TPSA) is 43.4 Å². The van der Waals surface area contributed by atoms with E-state index < -0.39 is 0 Å². The quantitative estimate of drug-likeness (QED) is 0.408. The molecule has 1 saturated heterocycles. The van der Waals surface area contributed by atoms with Gasteiger partial charge in [-0.05, 0) is 36.5 Å². The molecule has 0 N–H and O–H groups in total. The number of hydrogen-bond donors (Lipinski definition) is 0. The zero-order valence-corrected chi connectivity index (χ0v) is 7.21. The second kappa shape index (κ2) is 1.45. The zero-order chi connectivity index (χ0) is 8.84. The van der Waals surface area contributed by atoms with E-state index in [1.807, 2.05) is 0 Å². The summed E-state index contributed by atoms with van der Waals surface area (Å²) >= 11 is 0. The molecule has 13 heavy (non-hydrogen) atoms. The van der Waals surface area contributed by atoms with Crippen LogP contribution in [0.15, 0.2) is 0 Å². The summed E-state index contributed by atoms with van der Waals surface area (Å²) in [6.45, 7) is 0. The number of ether oxygens (including phenoxy) is 1. The molecule has 2 bridgehead atoms. The fourth-order valence-corrected chi connectivity index (χ4v) is 4.66. The summed E-state index contributed by atoms with van der Waals surface area (Å²) in [5, 5.41) is 0. The number of hydrogen-bond acceptors (Lipinski definition) is 3. The molecule has 6 rings (SSSR count). The number of esters is 2. The fraction of sp³-hybridized carbons (Fsp3) is 0.800. The van der Waals surface area contributed by atoms with E-state index in [1.54, 1.807) is 0 Å². The maximum absolute atomic E-state index is 11.4. The molecule has 3 heteroatoms. The minimum Gasteiger partial charge on any atom is -0.393 e. The van der Waals surface area contributed by atoms with Gasteiger partial charge in [-0.2, -0.15) is 0 Å². The predicted molar refractivity (Wildman–Crippen MR) is 41.4 cm³/mol. The second-order valence-corrected chi connectivity index (χ2v) is 5.27. The summed E-state index contributed by atoms with van der Waals surface area (Å²) in [7, 11) is 0. The minimum absolute atomic E-state index is 0.0475. The third kappa shape index (κ3) is 0.437. The lowest BCUT2D eigenvalue weighted by molar-refractivity contribution is -0.158. The van der Waals surface area contributed by atoms with E-state index in [1.165, 1.54) is 0 Å². The first kappa shape index (κ1) is 6.57. The van der Waals surface area contributed by atoms with Crippen molar-refractivity contribution < 1.29 is 14.3 Å². The van der Waals surface area contributed by atoms with Gasteiger partial charge in [0.15, 0.2) is 0 Å². The van der Waals surface area contributed by atoms with E-state index in [9.17, 15) is 9.59 Å². The third-order valence-corrected chi connectivity index (χ3v) is 4.89. The Labute approximate surface area is 75.4 Å². The molecular weight excluding hydrogens is 168 g/mol. The van der Waals surface area contributed by atoms with Gasteiger partial charge in [-0.15, -0.1) is 0 Å². The molecule has 0 aromatic carbocycles. The molecule has 6 fully saturated rings. The van der Waals surface area contributed by atoms with Crippen LogP contribution < -0.4 is 0 Å². The molecule has 5 saturated carbocycles. The van der Waals surface area contributed by atoms with Gasteiger partial charge in [0.05, 0.1) is 11.8 Å². The molecule has 1 aliphatic heterocycles. The lowest BCUT2D eigenvalue weighted by Gasteiger charge is -2.38. The molecule has 2 atom stereocenters. The first-order valence-corrected chi connectivity index (χ1v) is 4.93. The maximum Gasteiger partial charge on any atom is 0.318 e. The molecule has 68 valence electrons. The Kier molecular flexibility index (Phi) is 0.731. The number of cyclic esters (lactones) is 2. The average Bonchev–Trinajstić information content (AvgIpc) is 2.67. The van der Waals surface area contributed by atoms with Crippen LogP contribution >= 0.6 is 0 Å². The average molecular weight is 178 g/mol. The molecule has 0 radical (unpaired) electrons. The standard InChI is InChI=1S/C10H10O3/c11-7-5-6(8(12)13-7)10-2-1-9(5,3-10)4-10/h5-6H,1-4H2/t5-,6?,9?,10?/m1/s1. The van der Waals surface area contributed by atoms with E-state index in [2.05, 4.69) is 0 Å². The summed E-state index contributed by atoms with van der Waals surface area (Å²) in [6, 6.07) is 0. The van der Waals surface area contributed by atoms with Crippen LogP contribution in [-0.2, 0) is 14.3 Å². The maximum atomic E-state index is 11.4. The predicted octanol–water partition coefficient (Wildman–Crippen LogP) is 0.876. The summed E-state index contributed by atoms with van der Waals surface area (Å²) < 4.78 is 4.72. The van der Waals surface area contributed by atoms with Crippen molar-refractivity contribution in [2.75, 3.05) is 0 Å². The van der Waals surface area contributed by atoms with Gasteiger partial charge >= 0.3 is 11.9 Å². The second-order valence-electron chi connectivity index (χ2n) is 5.27. The largest absolute Gasteiger partial charge is 0.393 e. The summed E-state index contributed by atoms with van der Waals surface area (Å²) in [5.74, 6) is -0.550. The molecule has 3 nitrogen and oxygen atoms in total. The molecule has 6 aliphatic rings. The van der Waals surface area contributed by atoms with Crippen LogP contribution in [0, 0.1) is 22.7 Å². The Hall–Kier alpha value is -0.860. The Balaban J connectivity index is 1.94. The van der Waals surface area contributed by atoms with Crippen LogP contribution in [0.5, 0.6) is 0 Å². The van der Waals surface area contributed by atoms with Gasteiger partial charge in [0, 0.05) is 0 Å². The fourth-order valence-electron chi connectivity index (χ4n) is 4.66. The van der Waals surface area contributed by atoms with Gasteiger partial charge in [0.2, 0.25) is 0 Å². The lowest BCUT2D eigenvalue weighted by atomic mass is 9.66. The summed E-state index contributed by atoms with van der Waals surface area (Å²) in [4.78, 5) is 22.9. The highest BCUT2D eigenvalue weighted by Crippen LogP contribution is 2.83. The molecule has 0 aromatic rings. The van der Waals surface area contributed by atoms with Crippen LogP contribution in [0.3, 0.4) is 0 Å². The molecular formula is C10H10O3. The Bertz CT molecular complexity index is 319. The lowest BCUT2D eigenvalue weighted by Crippen LogP contribution is -2.34. The van der Waals surface area contributed by atoms with Crippen LogP contribution in [0.1, 0.15) is 25.7 Å². The summed E-state index contributed by atoms with van der Waals surface area (Å²) in [6.07, 6.45) is 4.54. The Morgan fingerprint density at radius 3 is 1.92 bits per heavy atom. The molecule has 0 amide bonds. The van der Waals surface area contributed by atoms with Crippen molar-refractivity contribution in [3.8, 4) is 0 Å². The van der Waals surface area contributed by atoms with E-state index >= 15 is 0 Å². The number of carbonyl (C=O) groups is 2. The number of carbonyl (C=O) groups excluding carboxylic acids is 2. The van der Waals surface area contributed by atoms with Crippen LogP contribution in [0.2, 0.25) is 0 Å². The van der Waals surface area contributed by atoms with Gasteiger partial charge in [-0.1, -0.05) is 0 Å². The van der Waals surface area contributed by atoms with Crippen molar-refractivity contribution in [1.82, 2.24) is 0 Å². The molecule has 1 heterocycles. The molecule has 0 spiro atoms. The van der Waals surface area contributed by atoms with Crippen molar-refractivity contribution in [1.29, 1.82) is 0 Å². The van der Waals surface area contributed by atoms with Gasteiger partial charge < -0.3 is 4.74 Å². The first-order chi connectivity index (χ1) is 6.17. The highest BCUT2D eigenvalue weighted by molar-refractivity contribution is 5.99. The van der Waals surface area contributed by atoms with Crippen LogP contribution in [0.25, 0.3) is 0 Å². The molecule has 5 aliphatic carbocycles. The SMILES string of the molecule is O=C1OC(=O)[C@H]2C1C13CCC2(C1)C3. The molecule has 1 unspecified atom stereocenters. The van der Waals surface area contributed by atoms with E-state index in [-0.39, 0.29) is 34.6 Å². The van der Waals surface area contributed by atoms with Gasteiger partial charge in [0.25, 0.3) is 0 Å². The van der Waals surface area contributed by atoms with Gasteiger partial charge in [-0.3, -0.25) is 9.59 Å². The van der Waals surface area contributed by atoms with Crippen molar-refractivity contribution in [3.05, 3.63) is 0 Å². The monoisotopic (exact) mass is 178 g/mol. The van der Waals surface area contributed by atoms with Gasteiger partial charge in [-0.25, -0.2) is 0 Å². The van der Waals surface area contributed by atoms with Crippen molar-refractivity contribution in [3.63, 3.8) is 0 Å². The van der Waals surface area contributed by atoms with Crippen LogP contribution in [-0.4, -0.2) is 11.9 Å². The van der Waals surface area contributed by atoms with E-state index in [0.29, 0.717) is 0 Å². The third-order valence-electron chi connectivity index (χ3n) is 4.89. The smallest absolute Gasteiger partial charge is 0.318 e. The Morgan fingerprint density at radius 1 is 1.00 bits per heavy atom. The highest BCUT2D eigenvalue weighted by Gasteiger charge is 2.81. The van der Waals surface area contributed by atoms with E-state index in [4.69, 9.17) is 4.74 Å². The van der Waals surface area contributed by atoms with Gasteiger partial charge in [0.1, 0.15) is 0 Å². The normalized spacial score (nSPS) is 60.6.